The number of likely N-dealkylation sites (tertiary alicyclic amines) is 1. The lowest BCUT2D eigenvalue weighted by atomic mass is 10.1. The van der Waals surface area contributed by atoms with Gasteiger partial charge in [0.05, 0.1) is 4.90 Å². The summed E-state index contributed by atoms with van der Waals surface area (Å²) in [7, 11) is -3.51. The SMILES string of the molecule is CCN1CCCC(NS(=O)(=O)c2ccc(Br)c(N)c2)C1. The zero-order valence-corrected chi connectivity index (χ0v) is 13.9. The molecule has 0 bridgehead atoms. The van der Waals surface area contributed by atoms with E-state index >= 15 is 0 Å². The number of piperidine rings is 1. The fraction of sp³-hybridized carbons (Fsp3) is 0.538. The lowest BCUT2D eigenvalue weighted by molar-refractivity contribution is 0.211. The van der Waals surface area contributed by atoms with Crippen LogP contribution in [0.25, 0.3) is 0 Å². The molecule has 0 amide bonds. The zero-order valence-electron chi connectivity index (χ0n) is 11.5. The summed E-state index contributed by atoms with van der Waals surface area (Å²) in [6.45, 7) is 4.84. The number of anilines is 1. The highest BCUT2D eigenvalue weighted by Crippen LogP contribution is 2.23. The minimum Gasteiger partial charge on any atom is -0.398 e. The van der Waals surface area contributed by atoms with Crippen LogP contribution in [0.1, 0.15) is 19.8 Å². The lowest BCUT2D eigenvalue weighted by Crippen LogP contribution is -2.47. The number of nitrogens with zero attached hydrogens (tertiary/aromatic N) is 1. The Labute approximate surface area is 128 Å². The van der Waals surface area contributed by atoms with E-state index in [-0.39, 0.29) is 10.9 Å². The second-order valence-electron chi connectivity index (χ2n) is 5.04. The minimum atomic E-state index is -3.51. The Kier molecular flexibility index (Phi) is 5.06. The number of likely N-dealkylation sites (N-methyl/N-ethyl adjacent to an activating group) is 1. The van der Waals surface area contributed by atoms with Gasteiger partial charge in [0.25, 0.3) is 0 Å². The van der Waals surface area contributed by atoms with Gasteiger partial charge in [-0.25, -0.2) is 13.1 Å². The summed E-state index contributed by atoms with van der Waals surface area (Å²) in [5.74, 6) is 0. The number of sulfonamides is 1. The number of hydrogen-bond donors (Lipinski definition) is 2. The van der Waals surface area contributed by atoms with Crippen molar-refractivity contribution in [2.24, 2.45) is 0 Å². The van der Waals surface area contributed by atoms with Crippen molar-refractivity contribution in [3.8, 4) is 0 Å². The van der Waals surface area contributed by atoms with E-state index in [0.29, 0.717) is 10.2 Å². The van der Waals surface area contributed by atoms with E-state index in [4.69, 9.17) is 5.73 Å². The molecule has 0 spiro atoms. The molecule has 1 fully saturated rings. The van der Waals surface area contributed by atoms with Crippen LogP contribution in [0.15, 0.2) is 27.6 Å². The molecule has 1 aromatic carbocycles. The van der Waals surface area contributed by atoms with Gasteiger partial charge in [0.2, 0.25) is 10.0 Å². The second kappa shape index (κ2) is 6.43. The van der Waals surface area contributed by atoms with Crippen molar-refractivity contribution < 1.29 is 8.42 Å². The molecule has 1 heterocycles. The number of benzene rings is 1. The molecule has 5 nitrogen and oxygen atoms in total. The summed E-state index contributed by atoms with van der Waals surface area (Å²) in [6, 6.07) is 4.66. The fourth-order valence-electron chi connectivity index (χ4n) is 2.42. The third-order valence-electron chi connectivity index (χ3n) is 3.55. The van der Waals surface area contributed by atoms with Gasteiger partial charge in [0, 0.05) is 22.7 Å². The third-order valence-corrected chi connectivity index (χ3v) is 5.79. The molecule has 0 saturated carbocycles. The highest BCUT2D eigenvalue weighted by Gasteiger charge is 2.24. The van der Waals surface area contributed by atoms with Crippen molar-refractivity contribution in [1.29, 1.82) is 0 Å². The van der Waals surface area contributed by atoms with E-state index in [0.717, 1.165) is 32.5 Å². The van der Waals surface area contributed by atoms with E-state index in [1.807, 2.05) is 0 Å². The smallest absolute Gasteiger partial charge is 0.240 e. The van der Waals surface area contributed by atoms with Gasteiger partial charge in [0.1, 0.15) is 0 Å². The van der Waals surface area contributed by atoms with E-state index in [9.17, 15) is 8.42 Å². The maximum atomic E-state index is 12.4. The van der Waals surface area contributed by atoms with Crippen LogP contribution in [-0.2, 0) is 10.0 Å². The van der Waals surface area contributed by atoms with Crippen molar-refractivity contribution >= 4 is 31.6 Å². The van der Waals surface area contributed by atoms with E-state index in [2.05, 4.69) is 32.5 Å². The van der Waals surface area contributed by atoms with Crippen LogP contribution in [0.3, 0.4) is 0 Å². The van der Waals surface area contributed by atoms with Crippen molar-refractivity contribution in [1.82, 2.24) is 9.62 Å². The van der Waals surface area contributed by atoms with E-state index in [1.54, 1.807) is 12.1 Å². The average molecular weight is 362 g/mol. The highest BCUT2D eigenvalue weighted by molar-refractivity contribution is 9.10. The van der Waals surface area contributed by atoms with Crippen molar-refractivity contribution in [3.63, 3.8) is 0 Å². The molecule has 3 N–H and O–H groups in total. The maximum Gasteiger partial charge on any atom is 0.240 e. The first-order valence-electron chi connectivity index (χ1n) is 6.72. The zero-order chi connectivity index (χ0) is 14.8. The predicted octanol–water partition coefficient (Wildman–Crippen LogP) is 1.79. The largest absolute Gasteiger partial charge is 0.398 e. The Balaban J connectivity index is 2.12. The number of rotatable bonds is 4. The Bertz CT molecular complexity index is 577. The van der Waals surface area contributed by atoms with E-state index < -0.39 is 10.0 Å². The molecule has 112 valence electrons. The third kappa shape index (κ3) is 3.72. The molecule has 20 heavy (non-hydrogen) atoms. The Morgan fingerprint density at radius 2 is 2.25 bits per heavy atom. The molecule has 0 aliphatic carbocycles. The molecular weight excluding hydrogens is 342 g/mol. The standard InChI is InChI=1S/C13H20BrN3O2S/c1-2-17-7-3-4-10(9-17)16-20(18,19)11-5-6-12(14)13(15)8-11/h5-6,8,10,16H,2-4,7,9,15H2,1H3. The molecular formula is C13H20BrN3O2S. The van der Waals surface area contributed by atoms with Gasteiger partial charge in [0.15, 0.2) is 0 Å². The molecule has 1 aliphatic rings. The second-order valence-corrected chi connectivity index (χ2v) is 7.61. The van der Waals surface area contributed by atoms with Gasteiger partial charge >= 0.3 is 0 Å². The normalized spacial score (nSPS) is 21.0. The van der Waals surface area contributed by atoms with Crippen LogP contribution in [0.2, 0.25) is 0 Å². The molecule has 1 saturated heterocycles. The van der Waals surface area contributed by atoms with Crippen LogP contribution >= 0.6 is 15.9 Å². The van der Waals surface area contributed by atoms with Crippen LogP contribution in [0.4, 0.5) is 5.69 Å². The highest BCUT2D eigenvalue weighted by atomic mass is 79.9. The van der Waals surface area contributed by atoms with Gasteiger partial charge in [-0.05, 0) is 60.1 Å². The van der Waals surface area contributed by atoms with Crippen LogP contribution in [0.5, 0.6) is 0 Å². The lowest BCUT2D eigenvalue weighted by Gasteiger charge is -2.32. The summed E-state index contributed by atoms with van der Waals surface area (Å²) in [5, 5.41) is 0. The maximum absolute atomic E-state index is 12.4. The van der Waals surface area contributed by atoms with E-state index in [1.165, 1.54) is 6.07 Å². The molecule has 1 aliphatic heterocycles. The molecule has 7 heteroatoms. The fourth-order valence-corrected chi connectivity index (χ4v) is 3.96. The number of nitrogens with two attached hydrogens (primary N) is 1. The summed E-state index contributed by atoms with van der Waals surface area (Å²) in [6.07, 6.45) is 1.89. The first-order chi connectivity index (χ1) is 9.42. The number of nitrogens with one attached hydrogen (secondary N) is 1. The van der Waals surface area contributed by atoms with Crippen LogP contribution < -0.4 is 10.5 Å². The molecule has 0 aromatic heterocycles. The monoisotopic (exact) mass is 361 g/mol. The summed E-state index contributed by atoms with van der Waals surface area (Å²) < 4.78 is 28.2. The van der Waals surface area contributed by atoms with Crippen molar-refractivity contribution in [2.75, 3.05) is 25.4 Å². The molecule has 1 atom stereocenters. The minimum absolute atomic E-state index is 0.0291. The molecule has 1 unspecified atom stereocenters. The van der Waals surface area contributed by atoms with Crippen LogP contribution in [-0.4, -0.2) is 39.0 Å². The Hall–Kier alpha value is -0.630. The van der Waals surface area contributed by atoms with Gasteiger partial charge in [-0.15, -0.1) is 0 Å². The number of hydrogen-bond acceptors (Lipinski definition) is 4. The predicted molar refractivity (Wildman–Crippen MR) is 84.0 cm³/mol. The summed E-state index contributed by atoms with van der Waals surface area (Å²) in [4.78, 5) is 2.47. The Morgan fingerprint density at radius 1 is 1.50 bits per heavy atom. The van der Waals surface area contributed by atoms with Gasteiger partial charge in [-0.2, -0.15) is 0 Å². The number of nitrogen functional groups attached to an aromatic ring is 1. The van der Waals surface area contributed by atoms with Crippen molar-refractivity contribution in [3.05, 3.63) is 22.7 Å². The first-order valence-corrected chi connectivity index (χ1v) is 8.99. The van der Waals surface area contributed by atoms with Crippen LogP contribution in [0, 0.1) is 0 Å². The topological polar surface area (TPSA) is 75.4 Å². The summed E-state index contributed by atoms with van der Waals surface area (Å²) in [5.41, 5.74) is 6.17. The van der Waals surface area contributed by atoms with Gasteiger partial charge < -0.3 is 10.6 Å². The van der Waals surface area contributed by atoms with Crippen molar-refractivity contribution in [2.45, 2.75) is 30.7 Å². The van der Waals surface area contributed by atoms with Gasteiger partial charge in [-0.1, -0.05) is 6.92 Å². The Morgan fingerprint density at radius 3 is 2.90 bits per heavy atom. The van der Waals surface area contributed by atoms with Gasteiger partial charge in [-0.3, -0.25) is 0 Å². The first kappa shape index (κ1) is 15.8. The average Bonchev–Trinajstić information content (AvgIpc) is 2.41. The molecule has 0 radical (unpaired) electrons. The number of halogens is 1. The molecule has 1 aromatic rings. The quantitative estimate of drug-likeness (QED) is 0.801. The summed E-state index contributed by atoms with van der Waals surface area (Å²) >= 11 is 3.26. The molecule has 2 rings (SSSR count).